The zero-order chi connectivity index (χ0) is 27.7. The standard InChI is InChI=1S/C31H30N4O4S/c1-22-29-26(31(36)34(20-24-11-6-3-7-12-24)16-14-23-9-4-2-5-10-23)19-27(28-13-8-17-39-28)32-30(29)35(33-22)25-15-18-40(37,38)21-25/h2-13,17,19,25H,14-16,18,20-21H2,1H3. The number of rotatable bonds is 8. The minimum Gasteiger partial charge on any atom is -0.463 e. The molecule has 6 rings (SSSR count). The van der Waals surface area contributed by atoms with Crippen molar-refractivity contribution in [1.29, 1.82) is 0 Å². The molecule has 2 aromatic carbocycles. The predicted octanol–water partition coefficient (Wildman–Crippen LogP) is 5.24. The van der Waals surface area contributed by atoms with E-state index in [1.165, 1.54) is 0 Å². The number of hydrogen-bond donors (Lipinski definition) is 0. The molecule has 1 fully saturated rings. The Morgan fingerprint density at radius 3 is 2.40 bits per heavy atom. The molecule has 40 heavy (non-hydrogen) atoms. The van der Waals surface area contributed by atoms with Gasteiger partial charge in [0.05, 0.1) is 40.5 Å². The van der Waals surface area contributed by atoms with Gasteiger partial charge in [0.15, 0.2) is 21.2 Å². The molecule has 0 saturated carbocycles. The lowest BCUT2D eigenvalue weighted by atomic mass is 10.1. The van der Waals surface area contributed by atoms with Crippen LogP contribution in [0.25, 0.3) is 22.5 Å². The molecule has 0 aliphatic carbocycles. The van der Waals surface area contributed by atoms with Crippen LogP contribution in [0.3, 0.4) is 0 Å². The number of aryl methyl sites for hydroxylation is 1. The largest absolute Gasteiger partial charge is 0.463 e. The van der Waals surface area contributed by atoms with E-state index < -0.39 is 9.84 Å². The van der Waals surface area contributed by atoms with Crippen LogP contribution < -0.4 is 0 Å². The third kappa shape index (κ3) is 5.29. The average molecular weight is 555 g/mol. The van der Waals surface area contributed by atoms with Crippen LogP contribution in [0.5, 0.6) is 0 Å². The van der Waals surface area contributed by atoms with E-state index in [-0.39, 0.29) is 23.5 Å². The Bertz CT molecular complexity index is 1750. The summed E-state index contributed by atoms with van der Waals surface area (Å²) >= 11 is 0. The molecule has 3 aromatic heterocycles. The highest BCUT2D eigenvalue weighted by atomic mass is 32.2. The molecule has 0 N–H and O–H groups in total. The van der Waals surface area contributed by atoms with Gasteiger partial charge in [0, 0.05) is 13.1 Å². The lowest BCUT2D eigenvalue weighted by Crippen LogP contribution is -2.33. The summed E-state index contributed by atoms with van der Waals surface area (Å²) in [6, 6.07) is 25.1. The van der Waals surface area contributed by atoms with E-state index in [0.717, 1.165) is 11.1 Å². The first-order valence-corrected chi connectivity index (χ1v) is 15.2. The summed E-state index contributed by atoms with van der Waals surface area (Å²) in [5.41, 5.74) is 4.30. The molecular weight excluding hydrogens is 524 g/mol. The quantitative estimate of drug-likeness (QED) is 0.260. The lowest BCUT2D eigenvalue weighted by Gasteiger charge is -2.24. The van der Waals surface area contributed by atoms with Crippen molar-refractivity contribution >= 4 is 26.8 Å². The molecule has 0 bridgehead atoms. The van der Waals surface area contributed by atoms with Crippen LogP contribution in [0.2, 0.25) is 0 Å². The van der Waals surface area contributed by atoms with Crippen molar-refractivity contribution in [3.05, 3.63) is 108 Å². The number of carbonyl (C=O) groups excluding carboxylic acids is 1. The molecule has 1 aliphatic rings. The lowest BCUT2D eigenvalue weighted by molar-refractivity contribution is 0.0747. The number of fused-ring (bicyclic) bond motifs is 1. The van der Waals surface area contributed by atoms with Crippen LogP contribution in [-0.2, 0) is 22.8 Å². The second-order valence-corrected chi connectivity index (χ2v) is 12.5. The Balaban J connectivity index is 1.45. The summed E-state index contributed by atoms with van der Waals surface area (Å²) in [7, 11) is -3.15. The SMILES string of the molecule is Cc1nn(C2CCS(=O)(=O)C2)c2nc(-c3ccco3)cc(C(=O)N(CCc3ccccc3)Cc3ccccc3)c12. The molecule has 1 aliphatic heterocycles. The van der Waals surface area contributed by atoms with Crippen LogP contribution in [0.15, 0.2) is 89.5 Å². The van der Waals surface area contributed by atoms with Gasteiger partial charge >= 0.3 is 0 Å². The van der Waals surface area contributed by atoms with Gasteiger partial charge < -0.3 is 9.32 Å². The Kier molecular flexibility index (Phi) is 6.98. The van der Waals surface area contributed by atoms with Crippen LogP contribution in [0.4, 0.5) is 0 Å². The third-order valence-corrected chi connectivity index (χ3v) is 9.16. The van der Waals surface area contributed by atoms with Crippen molar-refractivity contribution in [3.8, 4) is 11.5 Å². The number of benzene rings is 2. The van der Waals surface area contributed by atoms with Crippen LogP contribution in [0, 0.1) is 6.92 Å². The molecule has 0 radical (unpaired) electrons. The smallest absolute Gasteiger partial charge is 0.255 e. The first kappa shape index (κ1) is 26.0. The molecule has 204 valence electrons. The number of amides is 1. The van der Waals surface area contributed by atoms with E-state index >= 15 is 0 Å². The maximum absolute atomic E-state index is 14.4. The highest BCUT2D eigenvalue weighted by Gasteiger charge is 2.33. The van der Waals surface area contributed by atoms with Gasteiger partial charge in [-0.2, -0.15) is 5.10 Å². The fourth-order valence-electron chi connectivity index (χ4n) is 5.39. The predicted molar refractivity (Wildman–Crippen MR) is 154 cm³/mol. The van der Waals surface area contributed by atoms with Crippen molar-refractivity contribution in [3.63, 3.8) is 0 Å². The third-order valence-electron chi connectivity index (χ3n) is 7.41. The molecular formula is C31H30N4O4S. The Morgan fingerprint density at radius 1 is 1.02 bits per heavy atom. The fourth-order valence-corrected chi connectivity index (χ4v) is 7.08. The molecule has 1 atom stereocenters. The highest BCUT2D eigenvalue weighted by Crippen LogP contribution is 2.33. The Hall–Kier alpha value is -4.24. The summed E-state index contributed by atoms with van der Waals surface area (Å²) in [6.07, 6.45) is 2.74. The summed E-state index contributed by atoms with van der Waals surface area (Å²) in [4.78, 5) is 21.1. The zero-order valence-corrected chi connectivity index (χ0v) is 23.0. The van der Waals surface area contributed by atoms with E-state index in [1.54, 1.807) is 29.1 Å². The molecule has 1 unspecified atom stereocenters. The van der Waals surface area contributed by atoms with Crippen molar-refractivity contribution in [1.82, 2.24) is 19.7 Å². The molecule has 1 saturated heterocycles. The Labute approximate surface area is 233 Å². The average Bonchev–Trinajstić information content (AvgIpc) is 3.70. The molecule has 9 heteroatoms. The number of sulfone groups is 1. The summed E-state index contributed by atoms with van der Waals surface area (Å²) in [6.45, 7) is 2.81. The zero-order valence-electron chi connectivity index (χ0n) is 22.2. The number of aromatic nitrogens is 3. The van der Waals surface area contributed by atoms with Gasteiger partial charge in [0.1, 0.15) is 5.69 Å². The summed E-state index contributed by atoms with van der Waals surface area (Å²) < 4.78 is 32.0. The van der Waals surface area contributed by atoms with Crippen molar-refractivity contribution in [2.75, 3.05) is 18.1 Å². The first-order valence-electron chi connectivity index (χ1n) is 13.4. The Morgan fingerprint density at radius 2 is 1.75 bits per heavy atom. The van der Waals surface area contributed by atoms with Crippen molar-refractivity contribution in [2.24, 2.45) is 0 Å². The van der Waals surface area contributed by atoms with Crippen LogP contribution in [-0.4, -0.2) is 52.0 Å². The van der Waals surface area contributed by atoms with Gasteiger partial charge in [-0.3, -0.25) is 4.79 Å². The number of nitrogens with zero attached hydrogens (tertiary/aromatic N) is 4. The minimum absolute atomic E-state index is 0.0103. The van der Waals surface area contributed by atoms with E-state index in [0.29, 0.717) is 59.7 Å². The van der Waals surface area contributed by atoms with Gasteiger partial charge in [-0.25, -0.2) is 18.1 Å². The van der Waals surface area contributed by atoms with Crippen molar-refractivity contribution < 1.29 is 17.6 Å². The first-order chi connectivity index (χ1) is 19.4. The molecule has 8 nitrogen and oxygen atoms in total. The summed E-state index contributed by atoms with van der Waals surface area (Å²) in [5.74, 6) is 0.517. The van der Waals surface area contributed by atoms with Gasteiger partial charge in [0.2, 0.25) is 0 Å². The minimum atomic E-state index is -3.15. The monoisotopic (exact) mass is 554 g/mol. The molecule has 5 aromatic rings. The number of carbonyl (C=O) groups is 1. The maximum atomic E-state index is 14.4. The second kappa shape index (κ2) is 10.7. The fraction of sp³-hybridized carbons (Fsp3) is 0.258. The van der Waals surface area contributed by atoms with Crippen molar-refractivity contribution in [2.45, 2.75) is 32.4 Å². The number of hydrogen-bond acceptors (Lipinski definition) is 6. The second-order valence-electron chi connectivity index (χ2n) is 10.3. The van der Waals surface area contributed by atoms with E-state index in [2.05, 4.69) is 12.1 Å². The normalized spacial score (nSPS) is 16.4. The molecule has 4 heterocycles. The topological polar surface area (TPSA) is 98.3 Å². The van der Waals surface area contributed by atoms with E-state index in [1.807, 2.05) is 60.4 Å². The number of furan rings is 1. The molecule has 0 spiro atoms. The maximum Gasteiger partial charge on any atom is 0.255 e. The molecule has 1 amide bonds. The van der Waals surface area contributed by atoms with Crippen LogP contribution >= 0.6 is 0 Å². The van der Waals surface area contributed by atoms with Gasteiger partial charge in [-0.05, 0) is 49.1 Å². The van der Waals surface area contributed by atoms with Crippen LogP contribution in [0.1, 0.15) is 39.6 Å². The van der Waals surface area contributed by atoms with E-state index in [4.69, 9.17) is 14.5 Å². The highest BCUT2D eigenvalue weighted by molar-refractivity contribution is 7.91. The van der Waals surface area contributed by atoms with Gasteiger partial charge in [-0.1, -0.05) is 60.7 Å². The van der Waals surface area contributed by atoms with Gasteiger partial charge in [0.25, 0.3) is 5.91 Å². The van der Waals surface area contributed by atoms with Gasteiger partial charge in [-0.15, -0.1) is 0 Å². The van der Waals surface area contributed by atoms with E-state index in [9.17, 15) is 13.2 Å². The summed E-state index contributed by atoms with van der Waals surface area (Å²) in [5, 5.41) is 5.37. The number of pyridine rings is 1.